The van der Waals surface area contributed by atoms with E-state index in [2.05, 4.69) is 79.3 Å². The van der Waals surface area contributed by atoms with Crippen molar-refractivity contribution in [3.63, 3.8) is 0 Å². The minimum Gasteiger partial charge on any atom is -0.492 e. The summed E-state index contributed by atoms with van der Waals surface area (Å²) in [6, 6.07) is 16.6. The minimum atomic E-state index is 0. The summed E-state index contributed by atoms with van der Waals surface area (Å²) in [6.45, 7) is 12.8. The zero-order valence-electron chi connectivity index (χ0n) is 21.0. The number of anilines is 3. The molecule has 2 heterocycles. The number of hydrogen-bond donors (Lipinski definition) is 1. The monoisotopic (exact) mass is 497 g/mol. The molecule has 0 saturated carbocycles. The highest BCUT2D eigenvalue weighted by molar-refractivity contribution is 5.85. The van der Waals surface area contributed by atoms with Crippen molar-refractivity contribution in [2.75, 3.05) is 43.2 Å². The molecule has 0 amide bonds. The van der Waals surface area contributed by atoms with Crippen molar-refractivity contribution in [2.45, 2.75) is 40.2 Å². The third kappa shape index (κ3) is 6.63. The molecule has 0 spiro atoms. The van der Waals surface area contributed by atoms with Crippen LogP contribution < -0.4 is 15.1 Å². The molecule has 0 aliphatic carbocycles. The van der Waals surface area contributed by atoms with Gasteiger partial charge in [0.2, 0.25) is 5.95 Å². The Balaban J connectivity index is 0.00000342. The van der Waals surface area contributed by atoms with Crippen LogP contribution in [0.15, 0.2) is 54.7 Å². The third-order valence-electron chi connectivity index (χ3n) is 6.22. The molecule has 1 saturated heterocycles. The molecule has 1 aliphatic rings. The molecule has 1 N–H and O–H groups in total. The molecule has 1 aromatic heterocycles. The molecule has 2 aromatic carbocycles. The summed E-state index contributed by atoms with van der Waals surface area (Å²) in [4.78, 5) is 17.5. The number of aromatic nitrogens is 2. The summed E-state index contributed by atoms with van der Waals surface area (Å²) in [6.07, 6.45) is 2.68. The van der Waals surface area contributed by atoms with Gasteiger partial charge in [-0.2, -0.15) is 4.98 Å². The summed E-state index contributed by atoms with van der Waals surface area (Å²) in [5.41, 5.74) is 4.33. The van der Waals surface area contributed by atoms with Crippen molar-refractivity contribution in [3.8, 4) is 5.75 Å². The Morgan fingerprint density at radius 2 is 1.80 bits per heavy atom. The standard InChI is InChI=1S/C27H35N5O2.ClH/c1-5-31(6-2)15-17-33-26-20(3)18-23(19-21(26)4)29-27-28-14-12-25(30-27)32-24(13-16-34-32)22-10-8-7-9-11-22;/h7-12,14,18-19,24H,5-6,13,15-17H2,1-4H3,(H,28,29,30);1H. The number of likely N-dealkylation sites (N-methyl/N-ethyl adjacent to an activating group) is 1. The van der Waals surface area contributed by atoms with Crippen LogP contribution in [0, 0.1) is 13.8 Å². The maximum atomic E-state index is 6.12. The van der Waals surface area contributed by atoms with Crippen LogP contribution in [0.2, 0.25) is 0 Å². The Morgan fingerprint density at radius 1 is 1.09 bits per heavy atom. The number of hydroxylamine groups is 1. The van der Waals surface area contributed by atoms with Crippen LogP contribution in [-0.4, -0.2) is 47.7 Å². The number of rotatable bonds is 10. The number of hydrogen-bond acceptors (Lipinski definition) is 7. The maximum absolute atomic E-state index is 6.12. The molecule has 7 nitrogen and oxygen atoms in total. The van der Waals surface area contributed by atoms with Crippen molar-refractivity contribution < 1.29 is 9.57 Å². The second kappa shape index (κ2) is 12.7. The van der Waals surface area contributed by atoms with Gasteiger partial charge in [0.05, 0.1) is 12.6 Å². The van der Waals surface area contributed by atoms with Crippen LogP contribution in [0.25, 0.3) is 0 Å². The first-order chi connectivity index (χ1) is 16.6. The van der Waals surface area contributed by atoms with Gasteiger partial charge < -0.3 is 15.0 Å². The lowest BCUT2D eigenvalue weighted by Gasteiger charge is -2.24. The second-order valence-electron chi connectivity index (χ2n) is 8.55. The summed E-state index contributed by atoms with van der Waals surface area (Å²) < 4.78 is 6.12. The van der Waals surface area contributed by atoms with E-state index in [1.807, 2.05) is 17.2 Å². The normalized spacial score (nSPS) is 15.2. The first-order valence-electron chi connectivity index (χ1n) is 12.1. The summed E-state index contributed by atoms with van der Waals surface area (Å²) in [5.74, 6) is 2.23. The fourth-order valence-corrected chi connectivity index (χ4v) is 4.40. The van der Waals surface area contributed by atoms with E-state index in [0.717, 1.165) is 54.4 Å². The van der Waals surface area contributed by atoms with E-state index >= 15 is 0 Å². The van der Waals surface area contributed by atoms with E-state index in [9.17, 15) is 0 Å². The predicted molar refractivity (Wildman–Crippen MR) is 144 cm³/mol. The maximum Gasteiger partial charge on any atom is 0.229 e. The fourth-order valence-electron chi connectivity index (χ4n) is 4.40. The van der Waals surface area contributed by atoms with E-state index in [4.69, 9.17) is 14.6 Å². The lowest BCUT2D eigenvalue weighted by atomic mass is 10.0. The van der Waals surface area contributed by atoms with Crippen LogP contribution in [0.5, 0.6) is 5.75 Å². The van der Waals surface area contributed by atoms with Gasteiger partial charge in [0.25, 0.3) is 0 Å². The average molecular weight is 498 g/mol. The predicted octanol–water partition coefficient (Wildman–Crippen LogP) is 5.86. The Bertz CT molecular complexity index is 1060. The summed E-state index contributed by atoms with van der Waals surface area (Å²) in [5, 5.41) is 5.25. The largest absolute Gasteiger partial charge is 0.492 e. The van der Waals surface area contributed by atoms with E-state index in [1.165, 1.54) is 5.56 Å². The number of aryl methyl sites for hydroxylation is 2. The lowest BCUT2D eigenvalue weighted by molar-refractivity contribution is 0.157. The van der Waals surface area contributed by atoms with Crippen LogP contribution in [-0.2, 0) is 4.84 Å². The molecule has 3 aromatic rings. The fraction of sp³-hybridized carbons (Fsp3) is 0.407. The Labute approximate surface area is 214 Å². The van der Waals surface area contributed by atoms with E-state index < -0.39 is 0 Å². The Kier molecular flexibility index (Phi) is 9.72. The SMILES string of the molecule is CCN(CC)CCOc1c(C)cc(Nc2nccc(N3OCCC3c3ccccc3)n2)cc1C.Cl. The quantitative estimate of drug-likeness (QED) is 0.376. The van der Waals surface area contributed by atoms with Gasteiger partial charge in [-0.1, -0.05) is 44.2 Å². The first kappa shape index (κ1) is 26.7. The van der Waals surface area contributed by atoms with Gasteiger partial charge in [-0.15, -0.1) is 12.4 Å². The summed E-state index contributed by atoms with van der Waals surface area (Å²) in [7, 11) is 0. The van der Waals surface area contributed by atoms with Crippen molar-refractivity contribution in [1.82, 2.24) is 14.9 Å². The zero-order valence-corrected chi connectivity index (χ0v) is 21.8. The molecule has 188 valence electrons. The molecule has 4 rings (SSSR count). The van der Waals surface area contributed by atoms with Crippen LogP contribution >= 0.6 is 12.4 Å². The highest BCUT2D eigenvalue weighted by Gasteiger charge is 2.29. The van der Waals surface area contributed by atoms with Gasteiger partial charge in [0.1, 0.15) is 12.4 Å². The van der Waals surface area contributed by atoms with Gasteiger partial charge in [-0.25, -0.2) is 10.0 Å². The van der Waals surface area contributed by atoms with E-state index in [-0.39, 0.29) is 18.4 Å². The second-order valence-corrected chi connectivity index (χ2v) is 8.55. The van der Waals surface area contributed by atoms with Gasteiger partial charge in [-0.3, -0.25) is 4.84 Å². The number of benzene rings is 2. The molecule has 1 atom stereocenters. The molecule has 35 heavy (non-hydrogen) atoms. The smallest absolute Gasteiger partial charge is 0.229 e. The van der Waals surface area contributed by atoms with E-state index in [1.54, 1.807) is 6.20 Å². The van der Waals surface area contributed by atoms with Crippen molar-refractivity contribution >= 4 is 29.9 Å². The lowest BCUT2D eigenvalue weighted by Crippen LogP contribution is -2.28. The molecule has 1 aliphatic heterocycles. The number of nitrogens with zero attached hydrogens (tertiary/aromatic N) is 4. The van der Waals surface area contributed by atoms with Gasteiger partial charge >= 0.3 is 0 Å². The zero-order chi connectivity index (χ0) is 23.9. The van der Waals surface area contributed by atoms with Crippen LogP contribution in [0.4, 0.5) is 17.5 Å². The number of nitrogens with one attached hydrogen (secondary N) is 1. The van der Waals surface area contributed by atoms with Crippen LogP contribution in [0.1, 0.15) is 43.0 Å². The van der Waals surface area contributed by atoms with Crippen LogP contribution in [0.3, 0.4) is 0 Å². The molecular formula is C27H36ClN5O2. The highest BCUT2D eigenvalue weighted by atomic mass is 35.5. The number of halogens is 1. The highest BCUT2D eigenvalue weighted by Crippen LogP contribution is 2.34. The van der Waals surface area contributed by atoms with Gasteiger partial charge in [0, 0.05) is 30.9 Å². The Hall–Kier alpha value is -2.87. The first-order valence-corrected chi connectivity index (χ1v) is 12.1. The molecular weight excluding hydrogens is 462 g/mol. The molecule has 1 unspecified atom stereocenters. The number of ether oxygens (including phenoxy) is 1. The minimum absolute atomic E-state index is 0. The molecule has 8 heteroatoms. The Morgan fingerprint density at radius 3 is 2.49 bits per heavy atom. The van der Waals surface area contributed by atoms with Crippen molar-refractivity contribution in [1.29, 1.82) is 0 Å². The molecule has 1 fully saturated rings. The van der Waals surface area contributed by atoms with Crippen molar-refractivity contribution in [3.05, 3.63) is 71.4 Å². The van der Waals surface area contributed by atoms with Gasteiger partial charge in [0.15, 0.2) is 5.82 Å². The topological polar surface area (TPSA) is 62.8 Å². The summed E-state index contributed by atoms with van der Waals surface area (Å²) >= 11 is 0. The van der Waals surface area contributed by atoms with E-state index in [0.29, 0.717) is 19.2 Å². The third-order valence-corrected chi connectivity index (χ3v) is 6.22. The van der Waals surface area contributed by atoms with Crippen molar-refractivity contribution in [2.24, 2.45) is 0 Å². The molecule has 0 bridgehead atoms. The van der Waals surface area contributed by atoms with Gasteiger partial charge in [-0.05, 0) is 55.8 Å². The average Bonchev–Trinajstić information content (AvgIpc) is 3.34. The molecule has 0 radical (unpaired) electrons.